The molecule has 1 heterocycles. The standard InChI is InChI=1S/C18H36N2O4/c1-3-17-5-9-20(10-6-17)18(21)7-11-22-13-15-24-16-14-23-12-8-19-4-2/h17,19H,3-16H2,1-2H3. The van der Waals surface area contributed by atoms with Crippen LogP contribution in [0.4, 0.5) is 0 Å². The van der Waals surface area contributed by atoms with Crippen LogP contribution in [0, 0.1) is 5.92 Å². The van der Waals surface area contributed by atoms with Crippen molar-refractivity contribution in [1.82, 2.24) is 10.2 Å². The molecule has 1 fully saturated rings. The topological polar surface area (TPSA) is 60.0 Å². The summed E-state index contributed by atoms with van der Waals surface area (Å²) in [6.07, 6.45) is 4.00. The van der Waals surface area contributed by atoms with Gasteiger partial charge in [0.05, 0.1) is 46.1 Å². The Bertz CT molecular complexity index is 307. The third-order valence-corrected chi connectivity index (χ3v) is 4.42. The molecule has 0 radical (unpaired) electrons. The van der Waals surface area contributed by atoms with Gasteiger partial charge in [0.15, 0.2) is 0 Å². The van der Waals surface area contributed by atoms with E-state index in [1.807, 2.05) is 4.90 Å². The van der Waals surface area contributed by atoms with Crippen LogP contribution in [-0.4, -0.2) is 76.6 Å². The summed E-state index contributed by atoms with van der Waals surface area (Å²) in [5, 5.41) is 3.19. The van der Waals surface area contributed by atoms with Crippen molar-refractivity contribution in [2.75, 3.05) is 65.8 Å². The average Bonchev–Trinajstić information content (AvgIpc) is 2.62. The summed E-state index contributed by atoms with van der Waals surface area (Å²) >= 11 is 0. The normalized spacial score (nSPS) is 15.8. The number of likely N-dealkylation sites (tertiary alicyclic amines) is 1. The minimum absolute atomic E-state index is 0.222. The average molecular weight is 344 g/mol. The molecule has 6 nitrogen and oxygen atoms in total. The Morgan fingerprint density at radius 2 is 1.54 bits per heavy atom. The van der Waals surface area contributed by atoms with Crippen LogP contribution in [0.15, 0.2) is 0 Å². The van der Waals surface area contributed by atoms with Gasteiger partial charge in [0.2, 0.25) is 5.91 Å². The number of hydrogen-bond acceptors (Lipinski definition) is 5. The lowest BCUT2D eigenvalue weighted by atomic mass is 9.94. The van der Waals surface area contributed by atoms with E-state index < -0.39 is 0 Å². The van der Waals surface area contributed by atoms with Crippen molar-refractivity contribution in [3.05, 3.63) is 0 Å². The number of hydrogen-bond donors (Lipinski definition) is 1. The molecule has 1 saturated heterocycles. The monoisotopic (exact) mass is 344 g/mol. The van der Waals surface area contributed by atoms with Gasteiger partial charge in [0.1, 0.15) is 0 Å². The number of ether oxygens (including phenoxy) is 3. The lowest BCUT2D eigenvalue weighted by Gasteiger charge is -2.31. The molecular weight excluding hydrogens is 308 g/mol. The van der Waals surface area contributed by atoms with E-state index in [4.69, 9.17) is 14.2 Å². The maximum Gasteiger partial charge on any atom is 0.224 e. The molecule has 0 unspecified atom stereocenters. The second-order valence-corrected chi connectivity index (χ2v) is 6.17. The lowest BCUT2D eigenvalue weighted by Crippen LogP contribution is -2.38. The second-order valence-electron chi connectivity index (χ2n) is 6.17. The van der Waals surface area contributed by atoms with Crippen LogP contribution in [0.25, 0.3) is 0 Å². The third-order valence-electron chi connectivity index (χ3n) is 4.42. The van der Waals surface area contributed by atoms with E-state index >= 15 is 0 Å². The van der Waals surface area contributed by atoms with E-state index in [1.54, 1.807) is 0 Å². The van der Waals surface area contributed by atoms with Crippen molar-refractivity contribution in [2.24, 2.45) is 5.92 Å². The van der Waals surface area contributed by atoms with Crippen LogP contribution < -0.4 is 5.32 Å². The smallest absolute Gasteiger partial charge is 0.224 e. The number of nitrogens with zero attached hydrogens (tertiary/aromatic N) is 1. The van der Waals surface area contributed by atoms with Crippen molar-refractivity contribution < 1.29 is 19.0 Å². The molecule has 0 aromatic rings. The maximum absolute atomic E-state index is 12.1. The van der Waals surface area contributed by atoms with E-state index in [1.165, 1.54) is 6.42 Å². The Morgan fingerprint density at radius 3 is 2.12 bits per heavy atom. The zero-order chi connectivity index (χ0) is 17.5. The van der Waals surface area contributed by atoms with Gasteiger partial charge in [-0.15, -0.1) is 0 Å². The second kappa shape index (κ2) is 14.6. The number of nitrogens with one attached hydrogen (secondary N) is 1. The first-order valence-electron chi connectivity index (χ1n) is 9.49. The van der Waals surface area contributed by atoms with Gasteiger partial charge in [0, 0.05) is 19.6 Å². The number of piperidine rings is 1. The van der Waals surface area contributed by atoms with Crippen LogP contribution in [0.5, 0.6) is 0 Å². The number of carbonyl (C=O) groups is 1. The highest BCUT2D eigenvalue weighted by atomic mass is 16.5. The summed E-state index contributed by atoms with van der Waals surface area (Å²) in [6.45, 7) is 11.4. The predicted molar refractivity (Wildman–Crippen MR) is 95.2 cm³/mol. The molecule has 0 aromatic carbocycles. The SMILES string of the molecule is CCNCCOCCOCCOCCC(=O)N1CCC(CC)CC1. The first kappa shape index (κ1) is 21.4. The fourth-order valence-electron chi connectivity index (χ4n) is 2.77. The molecule has 0 spiro atoms. The summed E-state index contributed by atoms with van der Waals surface area (Å²) in [7, 11) is 0. The molecule has 1 amide bonds. The molecule has 6 heteroatoms. The van der Waals surface area contributed by atoms with Gasteiger partial charge in [-0.05, 0) is 25.3 Å². The third kappa shape index (κ3) is 10.2. The van der Waals surface area contributed by atoms with E-state index in [-0.39, 0.29) is 5.91 Å². The minimum atomic E-state index is 0.222. The highest BCUT2D eigenvalue weighted by molar-refractivity contribution is 5.76. The van der Waals surface area contributed by atoms with Crippen molar-refractivity contribution in [1.29, 1.82) is 0 Å². The Kier molecular flexibility index (Phi) is 13.0. The first-order valence-corrected chi connectivity index (χ1v) is 9.49. The molecule has 24 heavy (non-hydrogen) atoms. The predicted octanol–water partition coefficient (Wildman–Crippen LogP) is 1.68. The summed E-state index contributed by atoms with van der Waals surface area (Å²) in [6, 6.07) is 0. The summed E-state index contributed by atoms with van der Waals surface area (Å²) in [4.78, 5) is 14.1. The number of amides is 1. The zero-order valence-corrected chi connectivity index (χ0v) is 15.6. The fraction of sp³-hybridized carbons (Fsp3) is 0.944. The highest BCUT2D eigenvalue weighted by Gasteiger charge is 2.21. The Balaban J connectivity index is 1.84. The fourth-order valence-corrected chi connectivity index (χ4v) is 2.77. The highest BCUT2D eigenvalue weighted by Crippen LogP contribution is 2.20. The Hall–Kier alpha value is -0.690. The lowest BCUT2D eigenvalue weighted by molar-refractivity contribution is -0.133. The molecule has 1 aliphatic rings. The summed E-state index contributed by atoms with van der Waals surface area (Å²) < 4.78 is 16.3. The molecule has 0 bridgehead atoms. The molecule has 1 N–H and O–H groups in total. The summed E-state index contributed by atoms with van der Waals surface area (Å²) in [5.74, 6) is 1.02. The van der Waals surface area contributed by atoms with E-state index in [0.717, 1.165) is 44.9 Å². The van der Waals surface area contributed by atoms with Crippen LogP contribution in [0.1, 0.15) is 39.5 Å². The number of carbonyl (C=O) groups excluding carboxylic acids is 1. The first-order chi connectivity index (χ1) is 11.8. The largest absolute Gasteiger partial charge is 0.379 e. The van der Waals surface area contributed by atoms with Gasteiger partial charge in [0.25, 0.3) is 0 Å². The number of likely N-dealkylation sites (N-methyl/N-ethyl adjacent to an activating group) is 1. The quantitative estimate of drug-likeness (QED) is 0.486. The van der Waals surface area contributed by atoms with Crippen molar-refractivity contribution in [3.63, 3.8) is 0 Å². The van der Waals surface area contributed by atoms with Crippen LogP contribution >= 0.6 is 0 Å². The summed E-state index contributed by atoms with van der Waals surface area (Å²) in [5.41, 5.74) is 0. The van der Waals surface area contributed by atoms with Gasteiger partial charge in [-0.25, -0.2) is 0 Å². The number of rotatable bonds is 14. The molecule has 1 rings (SSSR count). The van der Waals surface area contributed by atoms with E-state index in [2.05, 4.69) is 19.2 Å². The van der Waals surface area contributed by atoms with Gasteiger partial charge < -0.3 is 24.4 Å². The van der Waals surface area contributed by atoms with Crippen LogP contribution in [0.3, 0.4) is 0 Å². The van der Waals surface area contributed by atoms with Gasteiger partial charge in [-0.1, -0.05) is 20.3 Å². The molecule has 1 aliphatic heterocycles. The van der Waals surface area contributed by atoms with Crippen LogP contribution in [-0.2, 0) is 19.0 Å². The maximum atomic E-state index is 12.1. The molecule has 142 valence electrons. The molecule has 0 aromatic heterocycles. The molecule has 0 saturated carbocycles. The molecule has 0 atom stereocenters. The van der Waals surface area contributed by atoms with Crippen molar-refractivity contribution in [3.8, 4) is 0 Å². The Labute approximate surface area is 147 Å². The van der Waals surface area contributed by atoms with Gasteiger partial charge >= 0.3 is 0 Å². The van der Waals surface area contributed by atoms with Crippen molar-refractivity contribution >= 4 is 5.91 Å². The van der Waals surface area contributed by atoms with Crippen LogP contribution in [0.2, 0.25) is 0 Å². The van der Waals surface area contributed by atoms with Crippen molar-refractivity contribution in [2.45, 2.75) is 39.5 Å². The van der Waals surface area contributed by atoms with Gasteiger partial charge in [-0.2, -0.15) is 0 Å². The Morgan fingerprint density at radius 1 is 0.958 bits per heavy atom. The molecule has 0 aliphatic carbocycles. The van der Waals surface area contributed by atoms with E-state index in [9.17, 15) is 4.79 Å². The molecular formula is C18H36N2O4. The van der Waals surface area contributed by atoms with E-state index in [0.29, 0.717) is 46.1 Å². The minimum Gasteiger partial charge on any atom is -0.379 e. The van der Waals surface area contributed by atoms with Gasteiger partial charge in [-0.3, -0.25) is 4.79 Å². The zero-order valence-electron chi connectivity index (χ0n) is 15.6.